The highest BCUT2D eigenvalue weighted by atomic mass is 16.5. The molecular weight excluding hydrogens is 318 g/mol. The lowest BCUT2D eigenvalue weighted by Crippen LogP contribution is -2.02. The van der Waals surface area contributed by atoms with Crippen LogP contribution in [0.5, 0.6) is 5.75 Å². The second-order valence-electron chi connectivity index (χ2n) is 6.18. The molecule has 0 N–H and O–H groups in total. The molecule has 0 saturated heterocycles. The topological polar surface area (TPSA) is 74.2 Å². The van der Waals surface area contributed by atoms with Crippen molar-refractivity contribution in [2.45, 2.75) is 47.0 Å². The third-order valence-electron chi connectivity index (χ3n) is 4.02. The Kier molecular flexibility index (Phi) is 5.16. The molecule has 0 spiro atoms. The van der Waals surface area contributed by atoms with E-state index in [9.17, 15) is 0 Å². The van der Waals surface area contributed by atoms with Gasteiger partial charge in [0.2, 0.25) is 0 Å². The highest BCUT2D eigenvalue weighted by molar-refractivity contribution is 5.60. The summed E-state index contributed by atoms with van der Waals surface area (Å²) in [6.45, 7) is 8.55. The van der Waals surface area contributed by atoms with Crippen LogP contribution >= 0.6 is 0 Å². The van der Waals surface area contributed by atoms with Crippen molar-refractivity contribution in [3.8, 4) is 17.2 Å². The summed E-state index contributed by atoms with van der Waals surface area (Å²) in [5.74, 6) is 2.99. The SMILES string of the molecule is CCc1cc(CCCOc2c(C)cc(-c3nc(C)no3)cc2C)on1. The van der Waals surface area contributed by atoms with Gasteiger partial charge in [-0.05, 0) is 56.9 Å². The van der Waals surface area contributed by atoms with E-state index in [0.717, 1.165) is 53.2 Å². The molecule has 0 radical (unpaired) electrons. The van der Waals surface area contributed by atoms with E-state index in [1.54, 1.807) is 0 Å². The zero-order chi connectivity index (χ0) is 17.8. The predicted molar refractivity (Wildman–Crippen MR) is 93.6 cm³/mol. The van der Waals surface area contributed by atoms with Gasteiger partial charge in [-0.15, -0.1) is 0 Å². The molecule has 3 rings (SSSR count). The molecule has 1 aromatic carbocycles. The summed E-state index contributed by atoms with van der Waals surface area (Å²) in [6.07, 6.45) is 2.59. The zero-order valence-corrected chi connectivity index (χ0v) is 15.1. The average molecular weight is 341 g/mol. The summed E-state index contributed by atoms with van der Waals surface area (Å²) >= 11 is 0. The van der Waals surface area contributed by atoms with E-state index in [4.69, 9.17) is 13.8 Å². The van der Waals surface area contributed by atoms with Crippen molar-refractivity contribution in [3.63, 3.8) is 0 Å². The Morgan fingerprint density at radius 2 is 1.76 bits per heavy atom. The number of aryl methyl sites for hydroxylation is 5. The molecule has 0 bridgehead atoms. The summed E-state index contributed by atoms with van der Waals surface area (Å²) < 4.78 is 16.5. The minimum absolute atomic E-state index is 0.535. The quantitative estimate of drug-likeness (QED) is 0.599. The van der Waals surface area contributed by atoms with E-state index in [1.165, 1.54) is 0 Å². The van der Waals surface area contributed by atoms with Gasteiger partial charge in [0.15, 0.2) is 5.82 Å². The van der Waals surface area contributed by atoms with E-state index in [0.29, 0.717) is 18.3 Å². The van der Waals surface area contributed by atoms with Gasteiger partial charge in [-0.25, -0.2) is 0 Å². The molecule has 25 heavy (non-hydrogen) atoms. The number of nitrogens with zero attached hydrogens (tertiary/aromatic N) is 3. The Hall–Kier alpha value is -2.63. The van der Waals surface area contributed by atoms with Crippen LogP contribution in [0.15, 0.2) is 27.2 Å². The number of aromatic nitrogens is 3. The standard InChI is InChI=1S/C19H23N3O3/c1-5-16-11-17(24-22-16)7-6-8-23-18-12(2)9-15(10-13(18)3)19-20-14(4)21-25-19/h9-11H,5-8H2,1-4H3. The third-order valence-corrected chi connectivity index (χ3v) is 4.02. The van der Waals surface area contributed by atoms with E-state index in [2.05, 4.69) is 22.2 Å². The number of ether oxygens (including phenoxy) is 1. The molecule has 132 valence electrons. The normalized spacial score (nSPS) is 11.0. The van der Waals surface area contributed by atoms with Crippen LogP contribution < -0.4 is 4.74 Å². The number of benzene rings is 1. The lowest BCUT2D eigenvalue weighted by Gasteiger charge is -2.13. The second-order valence-corrected chi connectivity index (χ2v) is 6.18. The molecule has 0 atom stereocenters. The minimum atomic E-state index is 0.535. The lowest BCUT2D eigenvalue weighted by molar-refractivity contribution is 0.296. The molecule has 0 aliphatic heterocycles. The molecule has 0 amide bonds. The van der Waals surface area contributed by atoms with Gasteiger partial charge in [-0.3, -0.25) is 0 Å². The molecule has 6 heteroatoms. The van der Waals surface area contributed by atoms with Crippen LogP contribution in [0, 0.1) is 20.8 Å². The first kappa shape index (κ1) is 17.2. The van der Waals surface area contributed by atoms with Crippen LogP contribution in [0.3, 0.4) is 0 Å². The highest BCUT2D eigenvalue weighted by Gasteiger charge is 2.12. The summed E-state index contributed by atoms with van der Waals surface area (Å²) in [7, 11) is 0. The third kappa shape index (κ3) is 4.07. The van der Waals surface area contributed by atoms with Gasteiger partial charge < -0.3 is 13.8 Å². The van der Waals surface area contributed by atoms with Gasteiger partial charge in [-0.2, -0.15) is 4.98 Å². The highest BCUT2D eigenvalue weighted by Crippen LogP contribution is 2.29. The van der Waals surface area contributed by atoms with Crippen LogP contribution in [0.25, 0.3) is 11.5 Å². The van der Waals surface area contributed by atoms with Crippen molar-refractivity contribution < 1.29 is 13.8 Å². The number of rotatable bonds is 7. The first-order valence-electron chi connectivity index (χ1n) is 8.56. The monoisotopic (exact) mass is 341 g/mol. The van der Waals surface area contributed by atoms with Crippen molar-refractivity contribution >= 4 is 0 Å². The van der Waals surface area contributed by atoms with Gasteiger partial charge in [0.1, 0.15) is 11.5 Å². The van der Waals surface area contributed by atoms with Crippen LogP contribution in [0.4, 0.5) is 0 Å². The van der Waals surface area contributed by atoms with E-state index < -0.39 is 0 Å². The number of hydrogen-bond acceptors (Lipinski definition) is 6. The fourth-order valence-corrected chi connectivity index (χ4v) is 2.78. The first-order chi connectivity index (χ1) is 12.1. The van der Waals surface area contributed by atoms with E-state index >= 15 is 0 Å². The maximum Gasteiger partial charge on any atom is 0.257 e. The van der Waals surface area contributed by atoms with Crippen molar-refractivity contribution in [3.05, 3.63) is 46.6 Å². The van der Waals surface area contributed by atoms with Crippen molar-refractivity contribution in [1.82, 2.24) is 15.3 Å². The maximum absolute atomic E-state index is 5.99. The number of hydrogen-bond donors (Lipinski definition) is 0. The van der Waals surface area contributed by atoms with Gasteiger partial charge in [0, 0.05) is 18.1 Å². The molecule has 2 aromatic heterocycles. The molecule has 6 nitrogen and oxygen atoms in total. The molecular formula is C19H23N3O3. The largest absolute Gasteiger partial charge is 0.493 e. The fourth-order valence-electron chi connectivity index (χ4n) is 2.78. The van der Waals surface area contributed by atoms with Crippen LogP contribution in [-0.4, -0.2) is 21.9 Å². The van der Waals surface area contributed by atoms with Crippen molar-refractivity contribution in [2.24, 2.45) is 0 Å². The summed E-state index contributed by atoms with van der Waals surface area (Å²) in [5.41, 5.74) is 4.02. The second kappa shape index (κ2) is 7.51. The van der Waals surface area contributed by atoms with E-state index in [-0.39, 0.29) is 0 Å². The van der Waals surface area contributed by atoms with Gasteiger partial charge >= 0.3 is 0 Å². The maximum atomic E-state index is 5.99. The Morgan fingerprint density at radius 1 is 1.00 bits per heavy atom. The Labute approximate surface area is 147 Å². The minimum Gasteiger partial charge on any atom is -0.493 e. The summed E-state index contributed by atoms with van der Waals surface area (Å²) in [4.78, 5) is 4.28. The van der Waals surface area contributed by atoms with Gasteiger partial charge in [-0.1, -0.05) is 17.2 Å². The van der Waals surface area contributed by atoms with Crippen LogP contribution in [-0.2, 0) is 12.8 Å². The molecule has 2 heterocycles. The van der Waals surface area contributed by atoms with Gasteiger partial charge in [0.05, 0.1) is 12.3 Å². The molecule has 0 aliphatic rings. The predicted octanol–water partition coefficient (Wildman–Crippen LogP) is 4.22. The fraction of sp³-hybridized carbons (Fsp3) is 0.421. The molecule has 0 unspecified atom stereocenters. The van der Waals surface area contributed by atoms with E-state index in [1.807, 2.05) is 39.0 Å². The molecule has 0 aliphatic carbocycles. The molecule has 0 fully saturated rings. The van der Waals surface area contributed by atoms with Crippen LogP contribution in [0.1, 0.15) is 41.8 Å². The Bertz CT molecular complexity index is 828. The van der Waals surface area contributed by atoms with Gasteiger partial charge in [0.25, 0.3) is 5.89 Å². The smallest absolute Gasteiger partial charge is 0.257 e. The van der Waals surface area contributed by atoms with Crippen molar-refractivity contribution in [2.75, 3.05) is 6.61 Å². The summed E-state index contributed by atoms with van der Waals surface area (Å²) in [6, 6.07) is 6.04. The first-order valence-corrected chi connectivity index (χ1v) is 8.56. The molecule has 0 saturated carbocycles. The van der Waals surface area contributed by atoms with Crippen LogP contribution in [0.2, 0.25) is 0 Å². The Balaban J connectivity index is 1.60. The zero-order valence-electron chi connectivity index (χ0n) is 15.1. The molecule has 3 aromatic rings. The Morgan fingerprint density at radius 3 is 2.36 bits per heavy atom. The summed E-state index contributed by atoms with van der Waals surface area (Å²) in [5, 5.41) is 7.85. The lowest BCUT2D eigenvalue weighted by atomic mass is 10.1. The average Bonchev–Trinajstić information content (AvgIpc) is 3.22. The van der Waals surface area contributed by atoms with Crippen molar-refractivity contribution in [1.29, 1.82) is 0 Å².